The SMILES string of the molecule is CC.OC(O)N1CCC(C2CC2COCc2ccccc2)CC1. The molecule has 2 fully saturated rings. The molecule has 1 aliphatic carbocycles. The van der Waals surface area contributed by atoms with Gasteiger partial charge in [-0.3, -0.25) is 4.90 Å². The smallest absolute Gasteiger partial charge is 0.213 e. The fourth-order valence-corrected chi connectivity index (χ4v) is 3.52. The van der Waals surface area contributed by atoms with Crippen LogP contribution in [0.4, 0.5) is 0 Å². The summed E-state index contributed by atoms with van der Waals surface area (Å²) < 4.78 is 5.83. The van der Waals surface area contributed by atoms with Gasteiger partial charge in [0, 0.05) is 13.1 Å². The quantitative estimate of drug-likeness (QED) is 0.791. The first-order chi connectivity index (χ1) is 11.2. The number of likely N-dealkylation sites (tertiary alicyclic amines) is 1. The number of nitrogens with zero attached hydrogens (tertiary/aromatic N) is 1. The molecule has 1 aliphatic heterocycles. The molecular formula is C19H31NO3. The second-order valence-electron chi connectivity index (χ2n) is 6.38. The molecule has 1 aromatic carbocycles. The molecule has 0 amide bonds. The summed E-state index contributed by atoms with van der Waals surface area (Å²) in [7, 11) is 0. The van der Waals surface area contributed by atoms with Crippen molar-refractivity contribution in [3.05, 3.63) is 35.9 Å². The maximum absolute atomic E-state index is 9.16. The average molecular weight is 321 g/mol. The molecule has 2 atom stereocenters. The first kappa shape index (κ1) is 18.4. The van der Waals surface area contributed by atoms with Crippen LogP contribution < -0.4 is 0 Å². The summed E-state index contributed by atoms with van der Waals surface area (Å²) in [5.74, 6) is 2.24. The molecule has 2 N–H and O–H groups in total. The summed E-state index contributed by atoms with van der Waals surface area (Å²) in [6, 6.07) is 10.3. The van der Waals surface area contributed by atoms with Gasteiger partial charge in [-0.2, -0.15) is 0 Å². The molecule has 2 aliphatic rings. The van der Waals surface area contributed by atoms with Gasteiger partial charge in [0.25, 0.3) is 0 Å². The molecule has 3 rings (SSSR count). The molecule has 130 valence electrons. The molecule has 0 spiro atoms. The molecule has 2 unspecified atom stereocenters. The summed E-state index contributed by atoms with van der Waals surface area (Å²) in [5.41, 5.74) is 1.24. The lowest BCUT2D eigenvalue weighted by Crippen LogP contribution is -2.41. The van der Waals surface area contributed by atoms with E-state index in [1.807, 2.05) is 32.0 Å². The molecular weight excluding hydrogens is 290 g/mol. The number of piperidine rings is 1. The van der Waals surface area contributed by atoms with Crippen LogP contribution in [0, 0.1) is 17.8 Å². The van der Waals surface area contributed by atoms with Crippen LogP contribution in [0.3, 0.4) is 0 Å². The van der Waals surface area contributed by atoms with Gasteiger partial charge in [-0.05, 0) is 42.6 Å². The fourth-order valence-electron chi connectivity index (χ4n) is 3.52. The van der Waals surface area contributed by atoms with E-state index in [1.54, 1.807) is 4.90 Å². The van der Waals surface area contributed by atoms with Crippen molar-refractivity contribution in [2.45, 2.75) is 46.1 Å². The van der Waals surface area contributed by atoms with E-state index in [-0.39, 0.29) is 0 Å². The summed E-state index contributed by atoms with van der Waals surface area (Å²) in [6.45, 7) is 7.18. The van der Waals surface area contributed by atoms with Gasteiger partial charge in [0.1, 0.15) is 0 Å². The van der Waals surface area contributed by atoms with Crippen molar-refractivity contribution in [3.63, 3.8) is 0 Å². The highest BCUT2D eigenvalue weighted by Crippen LogP contribution is 2.48. The van der Waals surface area contributed by atoms with E-state index >= 15 is 0 Å². The Labute approximate surface area is 140 Å². The van der Waals surface area contributed by atoms with Crippen molar-refractivity contribution in [2.24, 2.45) is 17.8 Å². The predicted octanol–water partition coefficient (Wildman–Crippen LogP) is 2.85. The second-order valence-corrected chi connectivity index (χ2v) is 6.38. The van der Waals surface area contributed by atoms with Gasteiger partial charge in [0.05, 0.1) is 13.2 Å². The third kappa shape index (κ3) is 5.57. The van der Waals surface area contributed by atoms with Gasteiger partial charge < -0.3 is 14.9 Å². The van der Waals surface area contributed by atoms with Gasteiger partial charge >= 0.3 is 0 Å². The monoisotopic (exact) mass is 321 g/mol. The highest BCUT2D eigenvalue weighted by molar-refractivity contribution is 5.13. The number of hydrogen-bond donors (Lipinski definition) is 2. The predicted molar refractivity (Wildman–Crippen MR) is 91.6 cm³/mol. The van der Waals surface area contributed by atoms with Crippen LogP contribution in [-0.4, -0.2) is 41.2 Å². The van der Waals surface area contributed by atoms with Gasteiger partial charge in [-0.15, -0.1) is 0 Å². The lowest BCUT2D eigenvalue weighted by Gasteiger charge is -2.33. The van der Waals surface area contributed by atoms with Crippen LogP contribution in [0.15, 0.2) is 30.3 Å². The van der Waals surface area contributed by atoms with Crippen molar-refractivity contribution in [1.29, 1.82) is 0 Å². The van der Waals surface area contributed by atoms with Gasteiger partial charge in [-0.25, -0.2) is 0 Å². The van der Waals surface area contributed by atoms with Gasteiger partial charge in [-0.1, -0.05) is 44.2 Å². The molecule has 4 nitrogen and oxygen atoms in total. The van der Waals surface area contributed by atoms with Crippen LogP contribution in [0.2, 0.25) is 0 Å². The summed E-state index contributed by atoms with van der Waals surface area (Å²) in [5, 5.41) is 18.3. The van der Waals surface area contributed by atoms with E-state index in [0.29, 0.717) is 12.5 Å². The molecule has 1 saturated heterocycles. The Kier molecular flexibility index (Phi) is 7.50. The standard InChI is InChI=1S/C17H25NO3.C2H6/c19-17(20)18-8-6-14(7-9-18)16-10-15(16)12-21-11-13-4-2-1-3-5-13;1-2/h1-5,14-17,19-20H,6-12H2;1-2H3. The van der Waals surface area contributed by atoms with Gasteiger partial charge in [0.15, 0.2) is 0 Å². The van der Waals surface area contributed by atoms with E-state index in [1.165, 1.54) is 12.0 Å². The molecule has 1 heterocycles. The lowest BCUT2D eigenvalue weighted by atomic mass is 9.91. The molecule has 0 bridgehead atoms. The summed E-state index contributed by atoms with van der Waals surface area (Å²) in [6.07, 6.45) is 2.16. The molecule has 0 radical (unpaired) electrons. The van der Waals surface area contributed by atoms with E-state index in [9.17, 15) is 0 Å². The third-order valence-electron chi connectivity index (χ3n) is 4.93. The van der Waals surface area contributed by atoms with Crippen molar-refractivity contribution < 1.29 is 14.9 Å². The molecule has 4 heteroatoms. The molecule has 0 aromatic heterocycles. The fraction of sp³-hybridized carbons (Fsp3) is 0.684. The van der Waals surface area contributed by atoms with Crippen LogP contribution >= 0.6 is 0 Å². The normalized spacial score (nSPS) is 25.1. The number of aliphatic hydroxyl groups excluding tert-OH is 1. The minimum Gasteiger partial charge on any atom is -0.376 e. The Hall–Kier alpha value is -0.940. The number of rotatable bonds is 6. The maximum Gasteiger partial charge on any atom is 0.213 e. The van der Waals surface area contributed by atoms with E-state index in [0.717, 1.165) is 44.4 Å². The van der Waals surface area contributed by atoms with Crippen LogP contribution in [0.5, 0.6) is 0 Å². The maximum atomic E-state index is 9.16. The first-order valence-corrected chi connectivity index (χ1v) is 8.96. The largest absolute Gasteiger partial charge is 0.376 e. The van der Waals surface area contributed by atoms with Crippen molar-refractivity contribution >= 4 is 0 Å². The first-order valence-electron chi connectivity index (χ1n) is 8.96. The zero-order chi connectivity index (χ0) is 16.7. The minimum absolute atomic E-state index is 0.708. The lowest BCUT2D eigenvalue weighted by molar-refractivity contribution is -0.163. The van der Waals surface area contributed by atoms with Crippen LogP contribution in [-0.2, 0) is 11.3 Å². The Morgan fingerprint density at radius 1 is 1.13 bits per heavy atom. The number of ether oxygens (including phenoxy) is 1. The molecule has 1 saturated carbocycles. The van der Waals surface area contributed by atoms with E-state index in [2.05, 4.69) is 12.1 Å². The van der Waals surface area contributed by atoms with Crippen LogP contribution in [0.1, 0.15) is 38.7 Å². The topological polar surface area (TPSA) is 52.9 Å². The van der Waals surface area contributed by atoms with Crippen molar-refractivity contribution in [3.8, 4) is 0 Å². The average Bonchev–Trinajstić information content (AvgIpc) is 3.37. The van der Waals surface area contributed by atoms with E-state index < -0.39 is 6.41 Å². The summed E-state index contributed by atoms with van der Waals surface area (Å²) in [4.78, 5) is 1.74. The zero-order valence-electron chi connectivity index (χ0n) is 14.4. The Balaban J connectivity index is 0.000000924. The minimum atomic E-state index is -1.28. The van der Waals surface area contributed by atoms with Crippen molar-refractivity contribution in [1.82, 2.24) is 4.90 Å². The molecule has 23 heavy (non-hydrogen) atoms. The van der Waals surface area contributed by atoms with Crippen LogP contribution in [0.25, 0.3) is 0 Å². The number of aliphatic hydroxyl groups is 2. The number of benzene rings is 1. The van der Waals surface area contributed by atoms with Gasteiger partial charge in [0.2, 0.25) is 6.41 Å². The highest BCUT2D eigenvalue weighted by Gasteiger charge is 2.43. The third-order valence-corrected chi connectivity index (χ3v) is 4.93. The summed E-state index contributed by atoms with van der Waals surface area (Å²) >= 11 is 0. The van der Waals surface area contributed by atoms with Crippen molar-refractivity contribution in [2.75, 3.05) is 19.7 Å². The molecule has 1 aromatic rings. The Morgan fingerprint density at radius 2 is 1.78 bits per heavy atom. The second kappa shape index (κ2) is 9.38. The highest BCUT2D eigenvalue weighted by atomic mass is 16.5. The number of hydrogen-bond acceptors (Lipinski definition) is 4. The Morgan fingerprint density at radius 3 is 2.39 bits per heavy atom. The zero-order valence-corrected chi connectivity index (χ0v) is 14.4. The Bertz CT molecular complexity index is 430. The van der Waals surface area contributed by atoms with E-state index in [4.69, 9.17) is 14.9 Å².